The van der Waals surface area contributed by atoms with Crippen molar-refractivity contribution in [1.82, 2.24) is 0 Å². The van der Waals surface area contributed by atoms with Crippen molar-refractivity contribution in [1.29, 1.82) is 0 Å². The maximum atomic E-state index is 9.30. The molecule has 4 aliphatic rings. The van der Waals surface area contributed by atoms with Crippen LogP contribution in [-0.4, -0.2) is 23.4 Å². The van der Waals surface area contributed by atoms with Crippen molar-refractivity contribution < 1.29 is 10.2 Å². The molecule has 0 spiro atoms. The number of hydrogen-bond donors (Lipinski definition) is 2. The fourth-order valence-corrected chi connectivity index (χ4v) is 7.09. The quantitative estimate of drug-likeness (QED) is 0.811. The molecule has 20 heavy (non-hydrogen) atoms. The molecule has 0 aliphatic heterocycles. The van der Waals surface area contributed by atoms with Crippen molar-refractivity contribution >= 4 is 0 Å². The minimum Gasteiger partial charge on any atom is -0.396 e. The molecule has 0 aromatic rings. The standard InChI is InChI=1S/C18H30O2/c19-3-1-13-5-11-7-15(13)17(9-11)18-10-12-6-14(2-4-20)16(18)8-12/h11-20H,1-10H2/t11-,12-,13-,14+,15+,16+,17+,18+/m0/s1. The summed E-state index contributed by atoms with van der Waals surface area (Å²) in [6, 6.07) is 0. The Bertz CT molecular complexity index is 321. The molecule has 0 unspecified atom stereocenters. The van der Waals surface area contributed by atoms with Crippen LogP contribution in [0.5, 0.6) is 0 Å². The molecule has 2 nitrogen and oxygen atoms in total. The molecule has 0 radical (unpaired) electrons. The number of hydrogen-bond acceptors (Lipinski definition) is 2. The Morgan fingerprint density at radius 3 is 1.30 bits per heavy atom. The van der Waals surface area contributed by atoms with Crippen molar-refractivity contribution in [2.75, 3.05) is 13.2 Å². The maximum Gasteiger partial charge on any atom is 0.0433 e. The van der Waals surface area contributed by atoms with Crippen LogP contribution < -0.4 is 0 Å². The molecule has 0 aromatic heterocycles. The van der Waals surface area contributed by atoms with Crippen molar-refractivity contribution in [2.24, 2.45) is 47.3 Å². The van der Waals surface area contributed by atoms with Gasteiger partial charge in [-0.05, 0) is 98.7 Å². The Morgan fingerprint density at radius 1 is 0.550 bits per heavy atom. The van der Waals surface area contributed by atoms with Gasteiger partial charge >= 0.3 is 0 Å². The first-order valence-corrected chi connectivity index (χ1v) is 9.01. The molecular formula is C18H30O2. The van der Waals surface area contributed by atoms with Crippen LogP contribution in [0.15, 0.2) is 0 Å². The molecule has 8 atom stereocenters. The summed E-state index contributed by atoms with van der Waals surface area (Å²) in [4.78, 5) is 0. The second-order valence-corrected chi connectivity index (χ2v) is 8.35. The molecule has 2 N–H and O–H groups in total. The van der Waals surface area contributed by atoms with Gasteiger partial charge in [-0.15, -0.1) is 0 Å². The van der Waals surface area contributed by atoms with E-state index in [4.69, 9.17) is 0 Å². The lowest BCUT2D eigenvalue weighted by Gasteiger charge is -2.39. The summed E-state index contributed by atoms with van der Waals surface area (Å²) in [5.74, 6) is 7.45. The fraction of sp³-hybridized carbons (Fsp3) is 1.00. The van der Waals surface area contributed by atoms with Crippen LogP contribution in [0.4, 0.5) is 0 Å². The van der Waals surface area contributed by atoms with Gasteiger partial charge in [0.1, 0.15) is 0 Å². The summed E-state index contributed by atoms with van der Waals surface area (Å²) in [6.45, 7) is 0.787. The van der Waals surface area contributed by atoms with Crippen molar-refractivity contribution in [3.05, 3.63) is 0 Å². The van der Waals surface area contributed by atoms with E-state index in [1.807, 2.05) is 0 Å². The predicted molar refractivity (Wildman–Crippen MR) is 79.0 cm³/mol. The third kappa shape index (κ3) is 2.06. The summed E-state index contributed by atoms with van der Waals surface area (Å²) in [6.07, 6.45) is 10.8. The van der Waals surface area contributed by atoms with Crippen LogP contribution in [0.25, 0.3) is 0 Å². The SMILES string of the molecule is OCC[C@@H]1C[C@@H]2C[C@@H]([C@@H]3C[C@H]4C[C@H](CCO)[C@H]3C4)[C@@H]1C2. The molecule has 4 bridgehead atoms. The van der Waals surface area contributed by atoms with E-state index in [-0.39, 0.29) is 0 Å². The number of aliphatic hydroxyl groups is 2. The molecule has 4 rings (SSSR count). The minimum atomic E-state index is 0.393. The summed E-state index contributed by atoms with van der Waals surface area (Å²) in [7, 11) is 0. The Kier molecular flexibility index (Phi) is 3.58. The largest absolute Gasteiger partial charge is 0.396 e. The van der Waals surface area contributed by atoms with Crippen molar-refractivity contribution in [3.8, 4) is 0 Å². The van der Waals surface area contributed by atoms with Gasteiger partial charge in [0.05, 0.1) is 0 Å². The molecule has 4 aliphatic carbocycles. The summed E-state index contributed by atoms with van der Waals surface area (Å²) in [5, 5.41) is 18.6. The van der Waals surface area contributed by atoms with E-state index < -0.39 is 0 Å². The molecule has 2 heteroatoms. The van der Waals surface area contributed by atoms with E-state index in [1.54, 1.807) is 0 Å². The lowest BCUT2D eigenvalue weighted by molar-refractivity contribution is 0.0799. The van der Waals surface area contributed by atoms with Gasteiger partial charge in [0, 0.05) is 13.2 Å². The first kappa shape index (κ1) is 13.6. The van der Waals surface area contributed by atoms with Crippen LogP contribution in [0, 0.1) is 47.3 Å². The molecule has 0 heterocycles. The highest BCUT2D eigenvalue weighted by atomic mass is 16.3. The van der Waals surface area contributed by atoms with Gasteiger partial charge in [-0.2, -0.15) is 0 Å². The topological polar surface area (TPSA) is 40.5 Å². The Balaban J connectivity index is 1.46. The van der Waals surface area contributed by atoms with E-state index in [1.165, 1.54) is 38.5 Å². The van der Waals surface area contributed by atoms with Gasteiger partial charge in [0.15, 0.2) is 0 Å². The minimum absolute atomic E-state index is 0.393. The zero-order chi connectivity index (χ0) is 13.7. The molecular weight excluding hydrogens is 248 g/mol. The lowest BCUT2D eigenvalue weighted by atomic mass is 9.66. The average Bonchev–Trinajstić information content (AvgIpc) is 3.17. The molecule has 0 aromatic carbocycles. The molecule has 0 amide bonds. The molecule has 0 saturated heterocycles. The molecule has 114 valence electrons. The molecule has 4 saturated carbocycles. The zero-order valence-corrected chi connectivity index (χ0v) is 12.6. The van der Waals surface area contributed by atoms with E-state index in [0.717, 1.165) is 60.2 Å². The van der Waals surface area contributed by atoms with Crippen LogP contribution in [0.2, 0.25) is 0 Å². The Morgan fingerprint density at radius 2 is 0.950 bits per heavy atom. The van der Waals surface area contributed by atoms with Crippen molar-refractivity contribution in [3.63, 3.8) is 0 Å². The molecule has 4 fully saturated rings. The van der Waals surface area contributed by atoms with E-state index in [9.17, 15) is 10.2 Å². The number of rotatable bonds is 5. The predicted octanol–water partition coefficient (Wildman–Crippen LogP) is 3.08. The lowest BCUT2D eigenvalue weighted by Crippen LogP contribution is -2.33. The Hall–Kier alpha value is -0.0800. The zero-order valence-electron chi connectivity index (χ0n) is 12.6. The normalized spacial score (nSPS) is 53.1. The smallest absolute Gasteiger partial charge is 0.0433 e. The highest BCUT2D eigenvalue weighted by Crippen LogP contribution is 2.63. The van der Waals surface area contributed by atoms with Gasteiger partial charge in [-0.1, -0.05) is 0 Å². The number of aliphatic hydroxyl groups excluding tert-OH is 2. The third-order valence-electron chi connectivity index (χ3n) is 7.55. The van der Waals surface area contributed by atoms with Gasteiger partial charge in [0.2, 0.25) is 0 Å². The summed E-state index contributed by atoms with van der Waals surface area (Å²) < 4.78 is 0. The van der Waals surface area contributed by atoms with E-state index in [2.05, 4.69) is 0 Å². The highest BCUT2D eigenvalue weighted by Gasteiger charge is 2.54. The first-order chi connectivity index (χ1) is 9.80. The number of fused-ring (bicyclic) bond motifs is 4. The van der Waals surface area contributed by atoms with Crippen LogP contribution in [0.1, 0.15) is 51.4 Å². The van der Waals surface area contributed by atoms with Crippen LogP contribution in [-0.2, 0) is 0 Å². The summed E-state index contributed by atoms with van der Waals surface area (Å²) >= 11 is 0. The second-order valence-electron chi connectivity index (χ2n) is 8.35. The Labute approximate surface area is 123 Å². The monoisotopic (exact) mass is 278 g/mol. The van der Waals surface area contributed by atoms with Gasteiger partial charge in [-0.25, -0.2) is 0 Å². The van der Waals surface area contributed by atoms with Crippen LogP contribution in [0.3, 0.4) is 0 Å². The second kappa shape index (κ2) is 5.28. The average molecular weight is 278 g/mol. The maximum absolute atomic E-state index is 9.30. The summed E-state index contributed by atoms with van der Waals surface area (Å²) in [5.41, 5.74) is 0. The van der Waals surface area contributed by atoms with Crippen LogP contribution >= 0.6 is 0 Å². The van der Waals surface area contributed by atoms with E-state index >= 15 is 0 Å². The van der Waals surface area contributed by atoms with Gasteiger partial charge in [-0.3, -0.25) is 0 Å². The van der Waals surface area contributed by atoms with Gasteiger partial charge < -0.3 is 10.2 Å². The van der Waals surface area contributed by atoms with Gasteiger partial charge in [0.25, 0.3) is 0 Å². The van der Waals surface area contributed by atoms with E-state index in [0.29, 0.717) is 13.2 Å². The first-order valence-electron chi connectivity index (χ1n) is 9.01. The third-order valence-corrected chi connectivity index (χ3v) is 7.55. The van der Waals surface area contributed by atoms with Crippen molar-refractivity contribution in [2.45, 2.75) is 51.4 Å². The highest BCUT2D eigenvalue weighted by molar-refractivity contribution is 5.04. The fourth-order valence-electron chi connectivity index (χ4n) is 7.09.